The van der Waals surface area contributed by atoms with Gasteiger partial charge in [-0.25, -0.2) is 0 Å². The second-order valence-corrected chi connectivity index (χ2v) is 5.18. The lowest BCUT2D eigenvalue weighted by atomic mass is 10.1. The number of amides is 1. The molecule has 0 aliphatic carbocycles. The summed E-state index contributed by atoms with van der Waals surface area (Å²) in [4.78, 5) is 17.5. The van der Waals surface area contributed by atoms with Gasteiger partial charge in [-0.1, -0.05) is 0 Å². The molecule has 0 bridgehead atoms. The highest BCUT2D eigenvalue weighted by Crippen LogP contribution is 2.22. The molecular formula is C15H21N3O2. The van der Waals surface area contributed by atoms with Crippen molar-refractivity contribution in [1.29, 1.82) is 0 Å². The molecular weight excluding hydrogens is 254 g/mol. The largest absolute Gasteiger partial charge is 0.399 e. The van der Waals surface area contributed by atoms with Crippen LogP contribution in [0.1, 0.15) is 30.6 Å². The second-order valence-electron chi connectivity index (χ2n) is 5.18. The Bertz CT molecular complexity index is 604. The SMILES string of the molecule is CC(C)N(CCCO)C(=O)c1c[nH]c2cc(N)ccc12. The smallest absolute Gasteiger partial charge is 0.256 e. The lowest BCUT2D eigenvalue weighted by Gasteiger charge is -2.26. The zero-order valence-corrected chi connectivity index (χ0v) is 11.9. The van der Waals surface area contributed by atoms with Gasteiger partial charge in [-0.3, -0.25) is 4.79 Å². The molecule has 1 aromatic heterocycles. The highest BCUT2D eigenvalue weighted by molar-refractivity contribution is 6.07. The van der Waals surface area contributed by atoms with Gasteiger partial charge in [0.2, 0.25) is 0 Å². The van der Waals surface area contributed by atoms with Gasteiger partial charge in [0.15, 0.2) is 0 Å². The number of hydrogen-bond acceptors (Lipinski definition) is 3. The number of carbonyl (C=O) groups is 1. The highest BCUT2D eigenvalue weighted by atomic mass is 16.3. The summed E-state index contributed by atoms with van der Waals surface area (Å²) in [6.07, 6.45) is 2.31. The molecule has 1 heterocycles. The van der Waals surface area contributed by atoms with E-state index in [1.807, 2.05) is 26.0 Å². The van der Waals surface area contributed by atoms with Crippen LogP contribution in [0.3, 0.4) is 0 Å². The molecule has 1 amide bonds. The first-order valence-corrected chi connectivity index (χ1v) is 6.83. The number of carbonyl (C=O) groups excluding carboxylic acids is 1. The summed E-state index contributed by atoms with van der Waals surface area (Å²) in [7, 11) is 0. The van der Waals surface area contributed by atoms with Crippen molar-refractivity contribution >= 4 is 22.5 Å². The number of fused-ring (bicyclic) bond motifs is 1. The number of nitrogen functional groups attached to an aromatic ring is 1. The summed E-state index contributed by atoms with van der Waals surface area (Å²) in [6.45, 7) is 4.58. The van der Waals surface area contributed by atoms with Crippen molar-refractivity contribution in [3.8, 4) is 0 Å². The van der Waals surface area contributed by atoms with E-state index in [9.17, 15) is 4.79 Å². The minimum absolute atomic E-state index is 0.0236. The van der Waals surface area contributed by atoms with Crippen LogP contribution in [0.25, 0.3) is 10.9 Å². The molecule has 2 rings (SSSR count). The first kappa shape index (κ1) is 14.4. The van der Waals surface area contributed by atoms with Gasteiger partial charge in [-0.15, -0.1) is 0 Å². The number of aliphatic hydroxyl groups is 1. The molecule has 1 aromatic carbocycles. The van der Waals surface area contributed by atoms with Crippen molar-refractivity contribution in [3.05, 3.63) is 30.0 Å². The molecule has 4 N–H and O–H groups in total. The molecule has 108 valence electrons. The normalized spacial score (nSPS) is 11.2. The average molecular weight is 275 g/mol. The van der Waals surface area contributed by atoms with Crippen LogP contribution in [-0.4, -0.2) is 40.1 Å². The number of nitrogens with zero attached hydrogens (tertiary/aromatic N) is 1. The average Bonchev–Trinajstić information content (AvgIpc) is 2.81. The van der Waals surface area contributed by atoms with Crippen LogP contribution in [0.2, 0.25) is 0 Å². The second kappa shape index (κ2) is 5.96. The van der Waals surface area contributed by atoms with Crippen LogP contribution < -0.4 is 5.73 Å². The molecule has 0 saturated heterocycles. The number of benzene rings is 1. The third-order valence-electron chi connectivity index (χ3n) is 3.38. The molecule has 0 aliphatic rings. The fourth-order valence-electron chi connectivity index (χ4n) is 2.31. The van der Waals surface area contributed by atoms with Gasteiger partial charge in [-0.05, 0) is 38.5 Å². The van der Waals surface area contributed by atoms with E-state index in [0.29, 0.717) is 24.2 Å². The van der Waals surface area contributed by atoms with Crippen LogP contribution in [0.5, 0.6) is 0 Å². The topological polar surface area (TPSA) is 82.3 Å². The minimum atomic E-state index is -0.0236. The van der Waals surface area contributed by atoms with Gasteiger partial charge in [0.1, 0.15) is 0 Å². The summed E-state index contributed by atoms with van der Waals surface area (Å²) in [5.41, 5.74) is 7.91. The third kappa shape index (κ3) is 2.77. The minimum Gasteiger partial charge on any atom is -0.399 e. The molecule has 0 fully saturated rings. The summed E-state index contributed by atoms with van der Waals surface area (Å²) in [6, 6.07) is 5.56. The highest BCUT2D eigenvalue weighted by Gasteiger charge is 2.21. The molecule has 0 unspecified atom stereocenters. The lowest BCUT2D eigenvalue weighted by Crippen LogP contribution is -2.38. The van der Waals surface area contributed by atoms with Crippen molar-refractivity contribution in [2.24, 2.45) is 0 Å². The van der Waals surface area contributed by atoms with Crippen LogP contribution in [0, 0.1) is 0 Å². The number of aliphatic hydroxyl groups excluding tert-OH is 1. The van der Waals surface area contributed by atoms with Gasteiger partial charge >= 0.3 is 0 Å². The Balaban J connectivity index is 2.33. The van der Waals surface area contributed by atoms with Gasteiger partial charge in [0, 0.05) is 42.0 Å². The van der Waals surface area contributed by atoms with Crippen LogP contribution in [0.15, 0.2) is 24.4 Å². The molecule has 20 heavy (non-hydrogen) atoms. The van der Waals surface area contributed by atoms with Crippen molar-refractivity contribution < 1.29 is 9.90 Å². The number of aromatic nitrogens is 1. The Morgan fingerprint density at radius 3 is 2.85 bits per heavy atom. The zero-order chi connectivity index (χ0) is 14.7. The molecule has 0 atom stereocenters. The van der Waals surface area contributed by atoms with E-state index in [0.717, 1.165) is 10.9 Å². The standard InChI is InChI=1S/C15H21N3O2/c1-10(2)18(6-3-7-19)15(20)13-9-17-14-8-11(16)4-5-12(13)14/h4-5,8-10,17,19H,3,6-7,16H2,1-2H3. The summed E-state index contributed by atoms with van der Waals surface area (Å²) in [5.74, 6) is -0.0236. The van der Waals surface area contributed by atoms with Gasteiger partial charge < -0.3 is 20.7 Å². The lowest BCUT2D eigenvalue weighted by molar-refractivity contribution is 0.0695. The van der Waals surface area contributed by atoms with Crippen molar-refractivity contribution in [2.75, 3.05) is 18.9 Å². The Morgan fingerprint density at radius 1 is 1.45 bits per heavy atom. The van der Waals surface area contributed by atoms with E-state index < -0.39 is 0 Å². The quantitative estimate of drug-likeness (QED) is 0.730. The Hall–Kier alpha value is -2.01. The van der Waals surface area contributed by atoms with Gasteiger partial charge in [0.25, 0.3) is 5.91 Å². The summed E-state index contributed by atoms with van der Waals surface area (Å²) < 4.78 is 0. The number of H-pyrrole nitrogens is 1. The van der Waals surface area contributed by atoms with Crippen molar-refractivity contribution in [1.82, 2.24) is 9.88 Å². The maximum Gasteiger partial charge on any atom is 0.256 e. The number of nitrogens with two attached hydrogens (primary N) is 1. The number of rotatable bonds is 5. The predicted octanol–water partition coefficient (Wildman–Crippen LogP) is 1.98. The zero-order valence-electron chi connectivity index (χ0n) is 11.9. The Kier molecular flexibility index (Phi) is 4.29. The molecule has 5 heteroatoms. The Labute approximate surface area is 118 Å². The van der Waals surface area contributed by atoms with E-state index in [1.54, 1.807) is 17.2 Å². The van der Waals surface area contributed by atoms with E-state index >= 15 is 0 Å². The fourth-order valence-corrected chi connectivity index (χ4v) is 2.31. The van der Waals surface area contributed by atoms with E-state index in [1.165, 1.54) is 0 Å². The fraction of sp³-hybridized carbons (Fsp3) is 0.400. The van der Waals surface area contributed by atoms with E-state index in [2.05, 4.69) is 4.98 Å². The monoisotopic (exact) mass is 275 g/mol. The maximum atomic E-state index is 12.6. The predicted molar refractivity (Wildman–Crippen MR) is 80.6 cm³/mol. The molecule has 0 saturated carbocycles. The molecule has 2 aromatic rings. The van der Waals surface area contributed by atoms with Gasteiger partial charge in [-0.2, -0.15) is 0 Å². The van der Waals surface area contributed by atoms with E-state index in [-0.39, 0.29) is 18.6 Å². The first-order chi connectivity index (χ1) is 9.54. The summed E-state index contributed by atoms with van der Waals surface area (Å²) >= 11 is 0. The number of hydrogen-bond donors (Lipinski definition) is 3. The summed E-state index contributed by atoms with van der Waals surface area (Å²) in [5, 5.41) is 9.83. The van der Waals surface area contributed by atoms with Crippen LogP contribution in [0.4, 0.5) is 5.69 Å². The molecule has 5 nitrogen and oxygen atoms in total. The van der Waals surface area contributed by atoms with Crippen LogP contribution >= 0.6 is 0 Å². The molecule has 0 spiro atoms. The van der Waals surface area contributed by atoms with Crippen molar-refractivity contribution in [2.45, 2.75) is 26.3 Å². The number of anilines is 1. The third-order valence-corrected chi connectivity index (χ3v) is 3.38. The molecule has 0 aliphatic heterocycles. The van der Waals surface area contributed by atoms with Gasteiger partial charge in [0.05, 0.1) is 5.56 Å². The number of aromatic amines is 1. The first-order valence-electron chi connectivity index (χ1n) is 6.83. The maximum absolute atomic E-state index is 12.6. The number of nitrogens with one attached hydrogen (secondary N) is 1. The molecule has 0 radical (unpaired) electrons. The van der Waals surface area contributed by atoms with Crippen LogP contribution in [-0.2, 0) is 0 Å². The van der Waals surface area contributed by atoms with E-state index in [4.69, 9.17) is 10.8 Å². The van der Waals surface area contributed by atoms with Crippen molar-refractivity contribution in [3.63, 3.8) is 0 Å². The Morgan fingerprint density at radius 2 is 2.20 bits per heavy atom.